The number of likely N-dealkylation sites (tertiary alicyclic amines) is 1. The van der Waals surface area contributed by atoms with E-state index in [2.05, 4.69) is 12.2 Å². The highest BCUT2D eigenvalue weighted by atomic mass is 16.2. The largest absolute Gasteiger partial charge is 0.328 e. The third kappa shape index (κ3) is 3.67. The van der Waals surface area contributed by atoms with Crippen LogP contribution in [0.3, 0.4) is 0 Å². The van der Waals surface area contributed by atoms with Crippen LogP contribution in [0.25, 0.3) is 0 Å². The third-order valence-electron chi connectivity index (χ3n) is 3.37. The van der Waals surface area contributed by atoms with Gasteiger partial charge in [0.1, 0.15) is 0 Å². The van der Waals surface area contributed by atoms with E-state index in [1.807, 2.05) is 18.9 Å². The van der Waals surface area contributed by atoms with Gasteiger partial charge in [0.05, 0.1) is 0 Å². The lowest BCUT2D eigenvalue weighted by Crippen LogP contribution is -2.46. The fraction of sp³-hybridized carbons (Fsp3) is 0.917. The van der Waals surface area contributed by atoms with Gasteiger partial charge in [0, 0.05) is 26.7 Å². The van der Waals surface area contributed by atoms with Crippen LogP contribution >= 0.6 is 0 Å². The van der Waals surface area contributed by atoms with Crippen molar-refractivity contribution in [1.29, 1.82) is 0 Å². The van der Waals surface area contributed by atoms with Crippen molar-refractivity contribution in [2.45, 2.75) is 26.7 Å². The van der Waals surface area contributed by atoms with E-state index in [0.717, 1.165) is 51.5 Å². The molecule has 0 bridgehead atoms. The number of hydrogen-bond acceptors (Lipinski definition) is 2. The van der Waals surface area contributed by atoms with E-state index >= 15 is 0 Å². The highest BCUT2D eigenvalue weighted by Gasteiger charge is 2.23. The van der Waals surface area contributed by atoms with Crippen molar-refractivity contribution in [1.82, 2.24) is 15.1 Å². The summed E-state index contributed by atoms with van der Waals surface area (Å²) in [5.41, 5.74) is 0. The van der Waals surface area contributed by atoms with Gasteiger partial charge in [0.15, 0.2) is 0 Å². The number of amides is 2. The molecule has 1 aliphatic heterocycles. The van der Waals surface area contributed by atoms with Gasteiger partial charge in [-0.15, -0.1) is 0 Å². The second-order valence-corrected chi connectivity index (χ2v) is 4.53. The molecule has 1 saturated heterocycles. The topological polar surface area (TPSA) is 35.6 Å². The van der Waals surface area contributed by atoms with E-state index in [9.17, 15) is 4.79 Å². The second-order valence-electron chi connectivity index (χ2n) is 4.53. The van der Waals surface area contributed by atoms with Crippen LogP contribution in [0, 0.1) is 5.92 Å². The van der Waals surface area contributed by atoms with Crippen LogP contribution in [0.15, 0.2) is 0 Å². The van der Waals surface area contributed by atoms with Crippen molar-refractivity contribution in [3.8, 4) is 0 Å². The molecule has 1 N–H and O–H groups in total. The zero-order valence-electron chi connectivity index (χ0n) is 10.8. The van der Waals surface area contributed by atoms with Crippen LogP contribution in [-0.2, 0) is 0 Å². The van der Waals surface area contributed by atoms with Crippen LogP contribution in [0.4, 0.5) is 4.79 Å². The second kappa shape index (κ2) is 6.74. The molecule has 0 unspecified atom stereocenters. The minimum absolute atomic E-state index is 0.185. The van der Waals surface area contributed by atoms with Crippen molar-refractivity contribution >= 4 is 6.03 Å². The van der Waals surface area contributed by atoms with Crippen LogP contribution in [-0.4, -0.2) is 55.6 Å². The summed E-state index contributed by atoms with van der Waals surface area (Å²) < 4.78 is 0. The quantitative estimate of drug-likeness (QED) is 0.787. The highest BCUT2D eigenvalue weighted by molar-refractivity contribution is 5.74. The Kier molecular flexibility index (Phi) is 5.60. The standard InChI is InChI=1S/C12H25N3O/c1-4-13-10-11-6-8-15(9-7-11)12(16)14(3)5-2/h11,13H,4-10H2,1-3H3. The zero-order chi connectivity index (χ0) is 12.0. The molecule has 0 aromatic rings. The number of hydrogen-bond donors (Lipinski definition) is 1. The molecule has 4 heteroatoms. The monoisotopic (exact) mass is 227 g/mol. The van der Waals surface area contributed by atoms with Crippen molar-refractivity contribution in [2.24, 2.45) is 5.92 Å². The first kappa shape index (κ1) is 13.3. The number of rotatable bonds is 4. The Morgan fingerprint density at radius 3 is 2.50 bits per heavy atom. The average molecular weight is 227 g/mol. The summed E-state index contributed by atoms with van der Waals surface area (Å²) in [6.45, 7) is 8.90. The minimum atomic E-state index is 0.185. The average Bonchev–Trinajstić information content (AvgIpc) is 2.35. The third-order valence-corrected chi connectivity index (χ3v) is 3.37. The fourth-order valence-electron chi connectivity index (χ4n) is 2.05. The van der Waals surface area contributed by atoms with Gasteiger partial charge >= 0.3 is 6.03 Å². The van der Waals surface area contributed by atoms with E-state index in [1.54, 1.807) is 4.90 Å². The Balaban J connectivity index is 2.28. The molecule has 16 heavy (non-hydrogen) atoms. The summed E-state index contributed by atoms with van der Waals surface area (Å²) in [6, 6.07) is 0.185. The summed E-state index contributed by atoms with van der Waals surface area (Å²) in [4.78, 5) is 15.6. The summed E-state index contributed by atoms with van der Waals surface area (Å²) in [6.07, 6.45) is 2.27. The number of urea groups is 1. The summed E-state index contributed by atoms with van der Waals surface area (Å²) in [7, 11) is 1.87. The van der Waals surface area contributed by atoms with E-state index in [1.165, 1.54) is 0 Å². The van der Waals surface area contributed by atoms with Gasteiger partial charge in [0.25, 0.3) is 0 Å². The molecule has 1 aliphatic rings. The van der Waals surface area contributed by atoms with Crippen molar-refractivity contribution in [2.75, 3.05) is 39.8 Å². The van der Waals surface area contributed by atoms with Crippen LogP contribution in [0.5, 0.6) is 0 Å². The lowest BCUT2D eigenvalue weighted by atomic mass is 9.97. The maximum atomic E-state index is 11.9. The molecule has 94 valence electrons. The maximum absolute atomic E-state index is 11.9. The zero-order valence-corrected chi connectivity index (χ0v) is 10.8. The Morgan fingerprint density at radius 2 is 2.00 bits per heavy atom. The van der Waals surface area contributed by atoms with Gasteiger partial charge < -0.3 is 15.1 Å². The summed E-state index contributed by atoms with van der Waals surface area (Å²) >= 11 is 0. The number of piperidine rings is 1. The molecular formula is C12H25N3O. The van der Waals surface area contributed by atoms with E-state index < -0.39 is 0 Å². The first-order valence-electron chi connectivity index (χ1n) is 6.39. The molecule has 0 atom stereocenters. The molecule has 4 nitrogen and oxygen atoms in total. The molecular weight excluding hydrogens is 202 g/mol. The molecule has 0 saturated carbocycles. The molecule has 0 aromatic carbocycles. The Hall–Kier alpha value is -0.770. The Labute approximate surface area is 99.0 Å². The highest BCUT2D eigenvalue weighted by Crippen LogP contribution is 2.17. The molecule has 2 amide bonds. The first-order valence-corrected chi connectivity index (χ1v) is 6.39. The molecule has 1 rings (SSSR count). The molecule has 1 fully saturated rings. The first-order chi connectivity index (χ1) is 7.69. The van der Waals surface area contributed by atoms with E-state index in [0.29, 0.717) is 0 Å². The Morgan fingerprint density at radius 1 is 1.38 bits per heavy atom. The van der Waals surface area contributed by atoms with Gasteiger partial charge in [-0.1, -0.05) is 6.92 Å². The van der Waals surface area contributed by atoms with Crippen molar-refractivity contribution in [3.05, 3.63) is 0 Å². The Bertz CT molecular complexity index is 212. The predicted molar refractivity (Wildman–Crippen MR) is 66.5 cm³/mol. The maximum Gasteiger partial charge on any atom is 0.319 e. The van der Waals surface area contributed by atoms with Crippen LogP contribution in [0.2, 0.25) is 0 Å². The summed E-state index contributed by atoms with van der Waals surface area (Å²) in [5, 5.41) is 3.38. The molecule has 0 radical (unpaired) electrons. The van der Waals surface area contributed by atoms with Crippen molar-refractivity contribution < 1.29 is 4.79 Å². The van der Waals surface area contributed by atoms with Gasteiger partial charge in [-0.3, -0.25) is 0 Å². The number of nitrogens with one attached hydrogen (secondary N) is 1. The fourth-order valence-corrected chi connectivity index (χ4v) is 2.05. The number of nitrogens with zero attached hydrogens (tertiary/aromatic N) is 2. The van der Waals surface area contributed by atoms with E-state index in [4.69, 9.17) is 0 Å². The van der Waals surface area contributed by atoms with Gasteiger partial charge in [0.2, 0.25) is 0 Å². The van der Waals surface area contributed by atoms with Gasteiger partial charge in [-0.05, 0) is 38.8 Å². The normalized spacial score (nSPS) is 17.6. The lowest BCUT2D eigenvalue weighted by molar-refractivity contribution is 0.142. The van der Waals surface area contributed by atoms with Gasteiger partial charge in [-0.25, -0.2) is 4.79 Å². The van der Waals surface area contributed by atoms with E-state index in [-0.39, 0.29) is 6.03 Å². The summed E-state index contributed by atoms with van der Waals surface area (Å²) in [5.74, 6) is 0.746. The minimum Gasteiger partial charge on any atom is -0.328 e. The molecule has 0 aromatic heterocycles. The molecule has 0 spiro atoms. The SMILES string of the molecule is CCNCC1CCN(C(=O)N(C)CC)CC1. The number of carbonyl (C=O) groups excluding carboxylic acids is 1. The molecule has 0 aliphatic carbocycles. The van der Waals surface area contributed by atoms with Gasteiger partial charge in [-0.2, -0.15) is 0 Å². The number of carbonyl (C=O) groups is 1. The van der Waals surface area contributed by atoms with Crippen molar-refractivity contribution in [3.63, 3.8) is 0 Å². The predicted octanol–water partition coefficient (Wildman–Crippen LogP) is 1.38. The van der Waals surface area contributed by atoms with Crippen LogP contribution < -0.4 is 5.32 Å². The van der Waals surface area contributed by atoms with Crippen LogP contribution in [0.1, 0.15) is 26.7 Å². The smallest absolute Gasteiger partial charge is 0.319 e. The molecule has 1 heterocycles. The lowest BCUT2D eigenvalue weighted by Gasteiger charge is -2.34.